The van der Waals surface area contributed by atoms with E-state index in [1.165, 1.54) is 32.1 Å². The molecule has 0 aromatic heterocycles. The number of benzene rings is 2. The van der Waals surface area contributed by atoms with E-state index >= 15 is 0 Å². The van der Waals surface area contributed by atoms with Crippen molar-refractivity contribution in [1.29, 1.82) is 0 Å². The van der Waals surface area contributed by atoms with Crippen LogP contribution in [-0.4, -0.2) is 37.1 Å². The number of aryl methyl sites for hydroxylation is 2. The van der Waals surface area contributed by atoms with Gasteiger partial charge in [-0.25, -0.2) is 0 Å². The monoisotopic (exact) mass is 421 g/mol. The molecule has 2 aliphatic heterocycles. The van der Waals surface area contributed by atoms with Crippen LogP contribution in [0.4, 0.5) is 0 Å². The fourth-order valence-electron chi connectivity index (χ4n) is 4.31. The standard InChI is InChI=1S/C26H31NO2S/c1-19-7-8-24(20(2)17-19)30-25-6-4-3-5-23(25)18-21-9-13-27(14-10-21)26(28)22-11-15-29-16-12-22/h3-8,17-18,22H,9-16H2,1-2H3. The van der Waals surface area contributed by atoms with E-state index in [1.807, 2.05) is 11.8 Å². The fraction of sp³-hybridized carbons (Fsp3) is 0.423. The predicted octanol–water partition coefficient (Wildman–Crippen LogP) is 5.89. The van der Waals surface area contributed by atoms with Crippen molar-refractivity contribution >= 4 is 23.7 Å². The second kappa shape index (κ2) is 9.84. The Bertz CT molecular complexity index is 920. The van der Waals surface area contributed by atoms with Gasteiger partial charge in [0.25, 0.3) is 0 Å². The summed E-state index contributed by atoms with van der Waals surface area (Å²) in [4.78, 5) is 17.5. The average Bonchev–Trinajstić information content (AvgIpc) is 2.77. The molecule has 0 bridgehead atoms. The number of carbonyl (C=O) groups is 1. The van der Waals surface area contributed by atoms with Crippen molar-refractivity contribution < 1.29 is 9.53 Å². The van der Waals surface area contributed by atoms with Gasteiger partial charge in [0, 0.05) is 42.0 Å². The first-order valence-electron chi connectivity index (χ1n) is 11.0. The molecule has 0 N–H and O–H groups in total. The highest BCUT2D eigenvalue weighted by molar-refractivity contribution is 7.99. The maximum Gasteiger partial charge on any atom is 0.225 e. The number of nitrogens with zero attached hydrogens (tertiary/aromatic N) is 1. The Morgan fingerprint density at radius 2 is 1.77 bits per heavy atom. The SMILES string of the molecule is Cc1ccc(Sc2ccccc2C=C2CCN(C(=O)C3CCOCC3)CC2)c(C)c1. The summed E-state index contributed by atoms with van der Waals surface area (Å²) in [6, 6.07) is 15.3. The number of ether oxygens (including phenoxy) is 1. The molecule has 4 heteroatoms. The largest absolute Gasteiger partial charge is 0.381 e. The lowest BCUT2D eigenvalue weighted by Gasteiger charge is -2.33. The molecule has 0 atom stereocenters. The van der Waals surface area contributed by atoms with Crippen LogP contribution >= 0.6 is 11.8 Å². The zero-order valence-corrected chi connectivity index (χ0v) is 18.8. The molecule has 2 aliphatic rings. The number of piperidine rings is 1. The number of hydrogen-bond donors (Lipinski definition) is 0. The molecule has 2 aromatic rings. The minimum absolute atomic E-state index is 0.166. The maximum absolute atomic E-state index is 12.8. The van der Waals surface area contributed by atoms with Crippen molar-refractivity contribution in [3.8, 4) is 0 Å². The molecule has 0 spiro atoms. The topological polar surface area (TPSA) is 29.5 Å². The number of rotatable bonds is 4. The first kappa shape index (κ1) is 21.2. The van der Waals surface area contributed by atoms with Crippen LogP contribution in [-0.2, 0) is 9.53 Å². The van der Waals surface area contributed by atoms with Gasteiger partial charge < -0.3 is 9.64 Å². The summed E-state index contributed by atoms with van der Waals surface area (Å²) in [6.45, 7) is 7.46. The van der Waals surface area contributed by atoms with Crippen LogP contribution in [0.2, 0.25) is 0 Å². The Morgan fingerprint density at radius 1 is 1.03 bits per heavy atom. The Labute approximate surface area is 184 Å². The third-order valence-electron chi connectivity index (χ3n) is 6.12. The van der Waals surface area contributed by atoms with Gasteiger partial charge in [0.2, 0.25) is 5.91 Å². The molecule has 0 saturated carbocycles. The molecule has 3 nitrogen and oxygen atoms in total. The van der Waals surface area contributed by atoms with Crippen LogP contribution in [0, 0.1) is 19.8 Å². The van der Waals surface area contributed by atoms with Gasteiger partial charge in [-0.1, -0.05) is 59.3 Å². The molecule has 2 aromatic carbocycles. The molecule has 0 radical (unpaired) electrons. The van der Waals surface area contributed by atoms with E-state index in [1.54, 1.807) is 0 Å². The second-order valence-corrected chi connectivity index (χ2v) is 9.51. The number of likely N-dealkylation sites (tertiary alicyclic amines) is 1. The molecule has 0 aliphatic carbocycles. The van der Waals surface area contributed by atoms with Crippen molar-refractivity contribution in [1.82, 2.24) is 4.90 Å². The normalized spacial score (nSPS) is 17.8. The van der Waals surface area contributed by atoms with Crippen molar-refractivity contribution in [2.45, 2.75) is 49.3 Å². The Kier molecular flexibility index (Phi) is 6.96. The molecular weight excluding hydrogens is 390 g/mol. The predicted molar refractivity (Wildman–Crippen MR) is 124 cm³/mol. The van der Waals surface area contributed by atoms with Gasteiger partial charge in [0.05, 0.1) is 0 Å². The lowest BCUT2D eigenvalue weighted by atomic mass is 9.95. The van der Waals surface area contributed by atoms with Crippen molar-refractivity contribution in [2.75, 3.05) is 26.3 Å². The quantitative estimate of drug-likeness (QED) is 0.617. The van der Waals surface area contributed by atoms with Crippen molar-refractivity contribution in [3.05, 3.63) is 64.7 Å². The molecular formula is C26H31NO2S. The maximum atomic E-state index is 12.8. The molecule has 2 saturated heterocycles. The second-order valence-electron chi connectivity index (χ2n) is 8.42. The molecule has 4 rings (SSSR count). The minimum atomic E-state index is 0.166. The van der Waals surface area contributed by atoms with E-state index in [9.17, 15) is 4.79 Å². The summed E-state index contributed by atoms with van der Waals surface area (Å²) in [5.74, 6) is 0.502. The minimum Gasteiger partial charge on any atom is -0.381 e. The average molecular weight is 422 g/mol. The van der Waals surface area contributed by atoms with E-state index in [4.69, 9.17) is 4.74 Å². The van der Waals surface area contributed by atoms with E-state index in [-0.39, 0.29) is 5.92 Å². The van der Waals surface area contributed by atoms with E-state index in [2.05, 4.69) is 67.3 Å². The third-order valence-corrected chi connectivity index (χ3v) is 7.39. The first-order valence-corrected chi connectivity index (χ1v) is 11.8. The van der Waals surface area contributed by atoms with Crippen LogP contribution in [0.15, 0.2) is 57.8 Å². The summed E-state index contributed by atoms with van der Waals surface area (Å²) in [5, 5.41) is 0. The third kappa shape index (κ3) is 5.16. The van der Waals surface area contributed by atoms with Crippen molar-refractivity contribution in [3.63, 3.8) is 0 Å². The first-order chi connectivity index (χ1) is 14.6. The van der Waals surface area contributed by atoms with E-state index in [0.717, 1.165) is 52.0 Å². The Hall–Kier alpha value is -2.04. The van der Waals surface area contributed by atoms with Gasteiger partial charge in [-0.05, 0) is 62.8 Å². The summed E-state index contributed by atoms with van der Waals surface area (Å²) < 4.78 is 5.41. The van der Waals surface area contributed by atoms with E-state index in [0.29, 0.717) is 5.91 Å². The highest BCUT2D eigenvalue weighted by Gasteiger charge is 2.28. The highest BCUT2D eigenvalue weighted by atomic mass is 32.2. The van der Waals surface area contributed by atoms with Crippen molar-refractivity contribution in [2.24, 2.45) is 5.92 Å². The summed E-state index contributed by atoms with van der Waals surface area (Å²) >= 11 is 1.84. The molecule has 158 valence electrons. The zero-order chi connectivity index (χ0) is 20.9. The van der Waals surface area contributed by atoms with Crippen LogP contribution in [0.25, 0.3) is 6.08 Å². The zero-order valence-electron chi connectivity index (χ0n) is 18.0. The van der Waals surface area contributed by atoms with Gasteiger partial charge in [-0.3, -0.25) is 4.79 Å². The lowest BCUT2D eigenvalue weighted by molar-refractivity contribution is -0.138. The molecule has 0 unspecified atom stereocenters. The van der Waals surface area contributed by atoms with E-state index < -0.39 is 0 Å². The summed E-state index contributed by atoms with van der Waals surface area (Å²) in [6.07, 6.45) is 6.04. The number of carbonyl (C=O) groups excluding carboxylic acids is 1. The Morgan fingerprint density at radius 3 is 2.50 bits per heavy atom. The summed E-state index contributed by atoms with van der Waals surface area (Å²) in [5.41, 5.74) is 5.35. The van der Waals surface area contributed by atoms with Crippen LogP contribution in [0.5, 0.6) is 0 Å². The van der Waals surface area contributed by atoms with Gasteiger partial charge in [0.15, 0.2) is 0 Å². The Balaban J connectivity index is 1.42. The van der Waals surface area contributed by atoms with Gasteiger partial charge in [-0.2, -0.15) is 0 Å². The highest BCUT2D eigenvalue weighted by Crippen LogP contribution is 2.34. The van der Waals surface area contributed by atoms with Crippen LogP contribution in [0.3, 0.4) is 0 Å². The molecule has 2 heterocycles. The van der Waals surface area contributed by atoms with Crippen LogP contribution < -0.4 is 0 Å². The van der Waals surface area contributed by atoms with Crippen LogP contribution in [0.1, 0.15) is 42.4 Å². The fourth-order valence-corrected chi connectivity index (χ4v) is 5.29. The molecule has 2 fully saturated rings. The number of amides is 1. The number of hydrogen-bond acceptors (Lipinski definition) is 3. The smallest absolute Gasteiger partial charge is 0.225 e. The van der Waals surface area contributed by atoms with Gasteiger partial charge >= 0.3 is 0 Å². The van der Waals surface area contributed by atoms with Gasteiger partial charge in [0.1, 0.15) is 0 Å². The molecule has 1 amide bonds. The lowest BCUT2D eigenvalue weighted by Crippen LogP contribution is -2.41. The van der Waals surface area contributed by atoms with Gasteiger partial charge in [-0.15, -0.1) is 0 Å². The molecule has 30 heavy (non-hydrogen) atoms. The summed E-state index contributed by atoms with van der Waals surface area (Å²) in [7, 11) is 0.